The Morgan fingerprint density at radius 1 is 1.06 bits per heavy atom. The van der Waals surface area contributed by atoms with Crippen LogP contribution < -0.4 is 4.74 Å². The van der Waals surface area contributed by atoms with Gasteiger partial charge in [0.2, 0.25) is 0 Å². The highest BCUT2D eigenvalue weighted by atomic mass is 32.2. The molecular formula is C23H30N4O3S. The highest BCUT2D eigenvalue weighted by Gasteiger charge is 2.33. The van der Waals surface area contributed by atoms with E-state index in [0.29, 0.717) is 12.2 Å². The second-order valence-electron chi connectivity index (χ2n) is 7.97. The van der Waals surface area contributed by atoms with Crippen molar-refractivity contribution in [3.05, 3.63) is 54.1 Å². The molecule has 3 rings (SSSR count). The van der Waals surface area contributed by atoms with Gasteiger partial charge in [0.05, 0.1) is 18.2 Å². The van der Waals surface area contributed by atoms with Crippen molar-refractivity contribution in [2.45, 2.75) is 18.9 Å². The summed E-state index contributed by atoms with van der Waals surface area (Å²) in [7, 11) is 1.41. The van der Waals surface area contributed by atoms with Gasteiger partial charge in [-0.05, 0) is 54.8 Å². The van der Waals surface area contributed by atoms with Crippen LogP contribution in [0.1, 0.15) is 18.4 Å². The zero-order valence-electron chi connectivity index (χ0n) is 18.4. The molecule has 1 atom stereocenters. The normalized spacial score (nSPS) is 17.2. The van der Waals surface area contributed by atoms with E-state index in [2.05, 4.69) is 11.0 Å². The molecule has 2 aromatic rings. The minimum Gasteiger partial charge on any atom is -0.494 e. The molecule has 0 N–H and O–H groups in total. The van der Waals surface area contributed by atoms with Crippen molar-refractivity contribution < 1.29 is 13.2 Å². The molecule has 31 heavy (non-hydrogen) atoms. The summed E-state index contributed by atoms with van der Waals surface area (Å²) in [5, 5.41) is 8.90. The van der Waals surface area contributed by atoms with E-state index in [-0.39, 0.29) is 6.04 Å². The second-order valence-corrected chi connectivity index (χ2v) is 10.2. The van der Waals surface area contributed by atoms with Gasteiger partial charge in [-0.3, -0.25) is 0 Å². The molecule has 8 heteroatoms. The Morgan fingerprint density at radius 2 is 1.68 bits per heavy atom. The molecule has 0 spiro atoms. The molecule has 0 amide bonds. The van der Waals surface area contributed by atoms with Crippen molar-refractivity contribution in [2.24, 2.45) is 0 Å². The van der Waals surface area contributed by atoms with Crippen molar-refractivity contribution in [1.29, 1.82) is 5.26 Å². The lowest BCUT2D eigenvalue weighted by atomic mass is 10.0. The minimum absolute atomic E-state index is 0.0167. The molecule has 1 heterocycles. The van der Waals surface area contributed by atoms with Gasteiger partial charge in [0.1, 0.15) is 5.75 Å². The van der Waals surface area contributed by atoms with Crippen LogP contribution in [0.4, 0.5) is 0 Å². The summed E-state index contributed by atoms with van der Waals surface area (Å²) in [6, 6.07) is 17.6. The van der Waals surface area contributed by atoms with Crippen LogP contribution in [-0.2, 0) is 10.2 Å². The first-order valence-electron chi connectivity index (χ1n) is 10.4. The van der Waals surface area contributed by atoms with Crippen LogP contribution in [0, 0.1) is 11.3 Å². The monoisotopic (exact) mass is 442 g/mol. The first kappa shape index (κ1) is 23.2. The van der Waals surface area contributed by atoms with Crippen LogP contribution in [-0.4, -0.2) is 75.4 Å². The van der Waals surface area contributed by atoms with Gasteiger partial charge in [0.25, 0.3) is 10.2 Å². The summed E-state index contributed by atoms with van der Waals surface area (Å²) < 4.78 is 33.2. The summed E-state index contributed by atoms with van der Waals surface area (Å²) in [4.78, 5) is 2.30. The Morgan fingerprint density at radius 3 is 2.26 bits per heavy atom. The standard InChI is InChI=1S/C23H30N4O3S/c1-25(2)31(28,29)26(3)22-13-15-27(18-22)14-4-16-30-23-11-9-21(10-12-23)20-7-5-19(17-24)6-8-20/h5-12,22H,4,13-16,18H2,1-3H3/t22-/m1/s1. The maximum atomic E-state index is 12.3. The van der Waals surface area contributed by atoms with E-state index >= 15 is 0 Å². The van der Waals surface area contributed by atoms with Gasteiger partial charge in [0.15, 0.2) is 0 Å². The molecule has 1 aliphatic heterocycles. The van der Waals surface area contributed by atoms with Gasteiger partial charge in [-0.25, -0.2) is 0 Å². The summed E-state index contributed by atoms with van der Waals surface area (Å²) >= 11 is 0. The van der Waals surface area contributed by atoms with Gasteiger partial charge >= 0.3 is 0 Å². The smallest absolute Gasteiger partial charge is 0.281 e. The van der Waals surface area contributed by atoms with Crippen LogP contribution in [0.5, 0.6) is 5.75 Å². The number of likely N-dealkylation sites (tertiary alicyclic amines) is 1. The van der Waals surface area contributed by atoms with Crippen molar-refractivity contribution in [2.75, 3.05) is 47.4 Å². The van der Waals surface area contributed by atoms with Crippen LogP contribution in [0.15, 0.2) is 48.5 Å². The highest BCUT2D eigenvalue weighted by Crippen LogP contribution is 2.23. The van der Waals surface area contributed by atoms with E-state index < -0.39 is 10.2 Å². The predicted octanol–water partition coefficient (Wildman–Crippen LogP) is 2.81. The fraction of sp³-hybridized carbons (Fsp3) is 0.435. The first-order valence-corrected chi connectivity index (χ1v) is 11.8. The molecule has 166 valence electrons. The first-order chi connectivity index (χ1) is 14.8. The van der Waals surface area contributed by atoms with E-state index in [1.165, 1.54) is 8.61 Å². The lowest BCUT2D eigenvalue weighted by Gasteiger charge is -2.27. The lowest BCUT2D eigenvalue weighted by molar-refractivity contribution is 0.252. The topological polar surface area (TPSA) is 76.9 Å². The summed E-state index contributed by atoms with van der Waals surface area (Å²) in [5.74, 6) is 0.827. The van der Waals surface area contributed by atoms with Crippen molar-refractivity contribution >= 4 is 10.2 Å². The van der Waals surface area contributed by atoms with Crippen LogP contribution >= 0.6 is 0 Å². The minimum atomic E-state index is -3.37. The summed E-state index contributed by atoms with van der Waals surface area (Å²) in [6.07, 6.45) is 1.73. The molecule has 1 saturated heterocycles. The third kappa shape index (κ3) is 5.83. The Balaban J connectivity index is 1.41. The molecule has 1 aliphatic rings. The highest BCUT2D eigenvalue weighted by molar-refractivity contribution is 7.86. The second kappa shape index (κ2) is 10.2. The van der Waals surface area contributed by atoms with Gasteiger partial charge in [-0.1, -0.05) is 24.3 Å². The summed E-state index contributed by atoms with van der Waals surface area (Å²) in [6.45, 7) is 3.15. The zero-order valence-corrected chi connectivity index (χ0v) is 19.2. The van der Waals surface area contributed by atoms with Gasteiger partial charge in [-0.15, -0.1) is 0 Å². The van der Waals surface area contributed by atoms with Gasteiger partial charge < -0.3 is 9.64 Å². The maximum Gasteiger partial charge on any atom is 0.281 e. The van der Waals surface area contributed by atoms with Crippen LogP contribution in [0.3, 0.4) is 0 Å². The molecule has 0 unspecified atom stereocenters. The Labute approximate surface area is 185 Å². The number of benzene rings is 2. The molecular weight excluding hydrogens is 412 g/mol. The SMILES string of the molecule is CN(C)S(=O)(=O)N(C)[C@@H]1CCN(CCCOc2ccc(-c3ccc(C#N)cc3)cc2)C1. The van der Waals surface area contributed by atoms with E-state index in [1.54, 1.807) is 21.1 Å². The zero-order chi connectivity index (χ0) is 22.4. The molecule has 0 aliphatic carbocycles. The fourth-order valence-electron chi connectivity index (χ4n) is 3.72. The van der Waals surface area contributed by atoms with E-state index in [1.807, 2.05) is 48.5 Å². The number of hydrogen-bond acceptors (Lipinski definition) is 5. The molecule has 0 saturated carbocycles. The Hall–Kier alpha value is -2.44. The summed E-state index contributed by atoms with van der Waals surface area (Å²) in [5.41, 5.74) is 2.80. The van der Waals surface area contributed by atoms with Crippen LogP contribution in [0.25, 0.3) is 11.1 Å². The van der Waals surface area contributed by atoms with Crippen LogP contribution in [0.2, 0.25) is 0 Å². The van der Waals surface area contributed by atoms with Crippen molar-refractivity contribution in [1.82, 2.24) is 13.5 Å². The number of nitriles is 1. The number of hydrogen-bond donors (Lipinski definition) is 0. The van der Waals surface area contributed by atoms with Crippen molar-refractivity contribution in [3.63, 3.8) is 0 Å². The average Bonchev–Trinajstić information content (AvgIpc) is 3.25. The molecule has 0 radical (unpaired) electrons. The quantitative estimate of drug-likeness (QED) is 0.558. The van der Waals surface area contributed by atoms with Gasteiger partial charge in [0, 0.05) is 40.3 Å². The van der Waals surface area contributed by atoms with E-state index in [4.69, 9.17) is 10.00 Å². The number of nitrogens with zero attached hydrogens (tertiary/aromatic N) is 4. The molecule has 2 aromatic carbocycles. The number of likely N-dealkylation sites (N-methyl/N-ethyl adjacent to an activating group) is 1. The largest absolute Gasteiger partial charge is 0.494 e. The third-order valence-corrected chi connectivity index (χ3v) is 7.63. The average molecular weight is 443 g/mol. The van der Waals surface area contributed by atoms with Gasteiger partial charge in [-0.2, -0.15) is 22.3 Å². The third-order valence-electron chi connectivity index (χ3n) is 5.68. The fourth-order valence-corrected chi connectivity index (χ4v) is 4.78. The maximum absolute atomic E-state index is 12.3. The lowest BCUT2D eigenvalue weighted by Crippen LogP contribution is -2.44. The Bertz CT molecular complexity index is 999. The van der Waals surface area contributed by atoms with E-state index in [0.717, 1.165) is 49.4 Å². The molecule has 0 bridgehead atoms. The predicted molar refractivity (Wildman–Crippen MR) is 122 cm³/mol. The Kier molecular flexibility index (Phi) is 7.68. The number of ether oxygens (including phenoxy) is 1. The molecule has 7 nitrogen and oxygen atoms in total. The molecule has 1 fully saturated rings. The van der Waals surface area contributed by atoms with E-state index in [9.17, 15) is 8.42 Å². The molecule has 0 aromatic heterocycles. The number of rotatable bonds is 9. The van der Waals surface area contributed by atoms with Crippen molar-refractivity contribution in [3.8, 4) is 22.9 Å².